The van der Waals surface area contributed by atoms with Gasteiger partial charge in [0.1, 0.15) is 11.6 Å². The van der Waals surface area contributed by atoms with Crippen LogP contribution in [-0.4, -0.2) is 59.4 Å². The van der Waals surface area contributed by atoms with E-state index in [1.54, 1.807) is 0 Å². The molecule has 2 rings (SSSR count). The Labute approximate surface area is 147 Å². The lowest BCUT2D eigenvalue weighted by Gasteiger charge is -2.52. The molecule has 5 heteroatoms. The van der Waals surface area contributed by atoms with E-state index >= 15 is 0 Å². The largest absolute Gasteiger partial charge is 0.342 e. The fraction of sp³-hybridized carbons (Fsp3) is 0.895. The molecule has 1 atom stereocenters. The van der Waals surface area contributed by atoms with E-state index in [4.69, 9.17) is 0 Å². The van der Waals surface area contributed by atoms with Gasteiger partial charge in [-0.15, -0.1) is 0 Å². The number of piperazine rings is 1. The van der Waals surface area contributed by atoms with Gasteiger partial charge < -0.3 is 15.1 Å². The molecule has 0 aliphatic carbocycles. The maximum atomic E-state index is 13.0. The second-order valence-electron chi connectivity index (χ2n) is 8.37. The summed E-state index contributed by atoms with van der Waals surface area (Å²) < 4.78 is 0. The summed E-state index contributed by atoms with van der Waals surface area (Å²) in [6.45, 7) is 14.3. The zero-order valence-electron chi connectivity index (χ0n) is 16.1. The highest BCUT2D eigenvalue weighted by Crippen LogP contribution is 2.34. The zero-order valence-corrected chi connectivity index (χ0v) is 16.1. The van der Waals surface area contributed by atoms with E-state index in [1.165, 1.54) is 0 Å². The lowest BCUT2D eigenvalue weighted by Crippen LogP contribution is -2.73. The first-order valence-electron chi connectivity index (χ1n) is 9.65. The van der Waals surface area contributed by atoms with Gasteiger partial charge in [0.25, 0.3) is 0 Å². The molecule has 2 fully saturated rings. The monoisotopic (exact) mass is 337 g/mol. The minimum absolute atomic E-state index is 0.0744. The molecule has 0 aromatic carbocycles. The fourth-order valence-electron chi connectivity index (χ4n) is 4.17. The number of likely N-dealkylation sites (tertiary alicyclic amines) is 1. The van der Waals surface area contributed by atoms with Crippen molar-refractivity contribution in [1.29, 1.82) is 0 Å². The Morgan fingerprint density at radius 3 is 2.25 bits per heavy atom. The maximum Gasteiger partial charge on any atom is 0.246 e. The predicted octanol–water partition coefficient (Wildman–Crippen LogP) is 2.26. The van der Waals surface area contributed by atoms with Gasteiger partial charge >= 0.3 is 0 Å². The minimum atomic E-state index is -0.617. The number of carbonyl (C=O) groups is 2. The second-order valence-corrected chi connectivity index (χ2v) is 8.37. The van der Waals surface area contributed by atoms with Gasteiger partial charge in [0.05, 0.1) is 0 Å². The van der Waals surface area contributed by atoms with Crippen LogP contribution >= 0.6 is 0 Å². The average Bonchev–Trinajstić information content (AvgIpc) is 2.50. The quantitative estimate of drug-likeness (QED) is 0.809. The summed E-state index contributed by atoms with van der Waals surface area (Å²) in [7, 11) is 0. The van der Waals surface area contributed by atoms with E-state index in [2.05, 4.69) is 44.8 Å². The van der Waals surface area contributed by atoms with Gasteiger partial charge in [-0.2, -0.15) is 0 Å². The van der Waals surface area contributed by atoms with Crippen molar-refractivity contribution in [2.75, 3.05) is 26.2 Å². The Balaban J connectivity index is 2.16. The number of rotatable bonds is 6. The number of nitrogens with one attached hydrogen (secondary N) is 1. The van der Waals surface area contributed by atoms with Gasteiger partial charge in [-0.1, -0.05) is 34.6 Å². The number of hydrogen-bond acceptors (Lipinski definition) is 3. The van der Waals surface area contributed by atoms with Crippen molar-refractivity contribution in [1.82, 2.24) is 15.1 Å². The third-order valence-electron chi connectivity index (χ3n) is 5.27. The van der Waals surface area contributed by atoms with Gasteiger partial charge in [-0.05, 0) is 37.5 Å². The Morgan fingerprint density at radius 2 is 1.75 bits per heavy atom. The highest BCUT2D eigenvalue weighted by Gasteiger charge is 2.53. The molecule has 138 valence electrons. The van der Waals surface area contributed by atoms with Crippen molar-refractivity contribution >= 4 is 11.8 Å². The van der Waals surface area contributed by atoms with Crippen molar-refractivity contribution in [2.24, 2.45) is 11.8 Å². The molecule has 2 amide bonds. The maximum absolute atomic E-state index is 13.0. The minimum Gasteiger partial charge on any atom is -0.342 e. The zero-order chi connectivity index (χ0) is 17.9. The number of hydrogen-bond donors (Lipinski definition) is 1. The first-order chi connectivity index (χ1) is 11.3. The van der Waals surface area contributed by atoms with Crippen LogP contribution in [0.4, 0.5) is 0 Å². The first kappa shape index (κ1) is 19.2. The lowest BCUT2D eigenvalue weighted by atomic mass is 9.80. The van der Waals surface area contributed by atoms with Crippen LogP contribution in [0.15, 0.2) is 0 Å². The molecule has 1 spiro atoms. The summed E-state index contributed by atoms with van der Waals surface area (Å²) in [5.74, 6) is 1.22. The molecular weight excluding hydrogens is 302 g/mol. The molecule has 0 aromatic rings. The van der Waals surface area contributed by atoms with Crippen LogP contribution in [0.2, 0.25) is 0 Å². The van der Waals surface area contributed by atoms with Crippen LogP contribution in [0.3, 0.4) is 0 Å². The third-order valence-corrected chi connectivity index (χ3v) is 5.27. The molecule has 0 bridgehead atoms. The summed E-state index contributed by atoms with van der Waals surface area (Å²) in [4.78, 5) is 30.4. The molecule has 2 heterocycles. The smallest absolute Gasteiger partial charge is 0.246 e. The van der Waals surface area contributed by atoms with Crippen LogP contribution in [0.5, 0.6) is 0 Å². The lowest BCUT2D eigenvalue weighted by molar-refractivity contribution is -0.161. The number of piperidine rings is 1. The van der Waals surface area contributed by atoms with Crippen molar-refractivity contribution < 1.29 is 9.59 Å². The van der Waals surface area contributed by atoms with Crippen molar-refractivity contribution in [3.05, 3.63) is 0 Å². The second kappa shape index (κ2) is 7.85. The Bertz CT molecular complexity index is 454. The van der Waals surface area contributed by atoms with Crippen molar-refractivity contribution in [3.63, 3.8) is 0 Å². The van der Waals surface area contributed by atoms with Gasteiger partial charge in [-0.3, -0.25) is 9.59 Å². The van der Waals surface area contributed by atoms with Crippen LogP contribution in [0.1, 0.15) is 60.3 Å². The topological polar surface area (TPSA) is 52.7 Å². The highest BCUT2D eigenvalue weighted by molar-refractivity contribution is 6.00. The van der Waals surface area contributed by atoms with Crippen LogP contribution in [-0.2, 0) is 9.59 Å². The van der Waals surface area contributed by atoms with E-state index < -0.39 is 5.54 Å². The molecular formula is C19H35N3O2. The predicted molar refractivity (Wildman–Crippen MR) is 96.6 cm³/mol. The third kappa shape index (κ3) is 3.93. The molecule has 2 saturated heterocycles. The van der Waals surface area contributed by atoms with Crippen LogP contribution < -0.4 is 5.32 Å². The molecule has 2 aliphatic rings. The molecule has 2 aliphatic heterocycles. The Hall–Kier alpha value is -1.10. The van der Waals surface area contributed by atoms with Crippen LogP contribution in [0.25, 0.3) is 0 Å². The normalized spacial score (nSPS) is 25.0. The molecule has 5 nitrogen and oxygen atoms in total. The van der Waals surface area contributed by atoms with Gasteiger partial charge in [0.15, 0.2) is 0 Å². The highest BCUT2D eigenvalue weighted by atomic mass is 16.2. The van der Waals surface area contributed by atoms with Crippen molar-refractivity contribution in [3.8, 4) is 0 Å². The average molecular weight is 338 g/mol. The van der Waals surface area contributed by atoms with Gasteiger partial charge in [0.2, 0.25) is 11.8 Å². The summed E-state index contributed by atoms with van der Waals surface area (Å²) in [6.07, 6.45) is 3.13. The van der Waals surface area contributed by atoms with Gasteiger partial charge in [-0.25, -0.2) is 0 Å². The van der Waals surface area contributed by atoms with E-state index in [0.29, 0.717) is 18.4 Å². The summed E-state index contributed by atoms with van der Waals surface area (Å²) in [5, 5.41) is 3.05. The van der Waals surface area contributed by atoms with Crippen molar-refractivity contribution in [2.45, 2.75) is 71.9 Å². The molecule has 0 radical (unpaired) electrons. The standard InChI is InChI=1S/C19H35N3O2/c1-6-9-22-17(23)16(12-14(2)3)20-18(24)19(22)7-10-21(11-8-19)13-15(4)5/h14-16H,6-13H2,1-5H3,(H,20,24). The Kier molecular flexibility index (Phi) is 6.29. The Morgan fingerprint density at radius 1 is 1.12 bits per heavy atom. The van der Waals surface area contributed by atoms with E-state index in [1.807, 2.05) is 4.90 Å². The summed E-state index contributed by atoms with van der Waals surface area (Å²) in [5.41, 5.74) is -0.617. The van der Waals surface area contributed by atoms with Gasteiger partial charge in [0, 0.05) is 26.2 Å². The molecule has 1 unspecified atom stereocenters. The van der Waals surface area contributed by atoms with E-state index in [0.717, 1.165) is 45.3 Å². The fourth-order valence-corrected chi connectivity index (χ4v) is 4.17. The molecule has 0 saturated carbocycles. The molecule has 24 heavy (non-hydrogen) atoms. The summed E-state index contributed by atoms with van der Waals surface area (Å²) >= 11 is 0. The van der Waals surface area contributed by atoms with E-state index in [-0.39, 0.29) is 17.9 Å². The molecule has 0 aromatic heterocycles. The SMILES string of the molecule is CCCN1C(=O)C(CC(C)C)NC(=O)C12CCN(CC(C)C)CC2. The first-order valence-corrected chi connectivity index (χ1v) is 9.65. The summed E-state index contributed by atoms with van der Waals surface area (Å²) in [6, 6.07) is -0.344. The molecule has 1 N–H and O–H groups in total. The number of amides is 2. The number of carbonyl (C=O) groups excluding carboxylic acids is 2. The van der Waals surface area contributed by atoms with E-state index in [9.17, 15) is 9.59 Å². The van der Waals surface area contributed by atoms with Crippen LogP contribution in [0, 0.1) is 11.8 Å². The number of nitrogens with zero attached hydrogens (tertiary/aromatic N) is 2.